The van der Waals surface area contributed by atoms with Gasteiger partial charge in [-0.3, -0.25) is 14.6 Å². The van der Waals surface area contributed by atoms with Crippen molar-refractivity contribution in [1.82, 2.24) is 15.0 Å². The van der Waals surface area contributed by atoms with Gasteiger partial charge in [-0.2, -0.15) is 4.98 Å². The van der Waals surface area contributed by atoms with Crippen molar-refractivity contribution >= 4 is 28.6 Å². The van der Waals surface area contributed by atoms with E-state index in [0.717, 1.165) is 0 Å². The molecule has 0 fully saturated rings. The fourth-order valence-corrected chi connectivity index (χ4v) is 1.86. The van der Waals surface area contributed by atoms with Crippen molar-refractivity contribution in [2.24, 2.45) is 5.73 Å². The predicted molar refractivity (Wildman–Crippen MR) is 75.0 cm³/mol. The van der Waals surface area contributed by atoms with Crippen molar-refractivity contribution in [3.05, 3.63) is 52.4 Å². The van der Waals surface area contributed by atoms with Gasteiger partial charge in [0, 0.05) is 17.4 Å². The zero-order valence-corrected chi connectivity index (χ0v) is 10.3. The number of fused-ring (bicyclic) bond motifs is 1. The van der Waals surface area contributed by atoms with Gasteiger partial charge in [-0.25, -0.2) is 0 Å². The van der Waals surface area contributed by atoms with Gasteiger partial charge < -0.3 is 16.0 Å². The minimum Gasteiger partial charge on any atom is -0.366 e. The molecule has 0 radical (unpaired) electrons. The van der Waals surface area contributed by atoms with Crippen LogP contribution in [0.5, 0.6) is 0 Å². The standard InChI is InChI=1S/C13H11N5O2/c14-10(19)7-1-3-8(4-2-7)16-13-17-11-9(5-6-15-11)12(20)18-13/h1-6H,(H2,14,19)(H3,15,16,17,18,20). The number of hydrogen-bond acceptors (Lipinski definition) is 4. The summed E-state index contributed by atoms with van der Waals surface area (Å²) in [7, 11) is 0. The molecule has 0 atom stereocenters. The van der Waals surface area contributed by atoms with Gasteiger partial charge in [-0.05, 0) is 30.3 Å². The number of rotatable bonds is 3. The first-order chi connectivity index (χ1) is 9.63. The fraction of sp³-hybridized carbons (Fsp3) is 0. The number of amides is 1. The molecule has 0 spiro atoms. The van der Waals surface area contributed by atoms with Crippen molar-refractivity contribution in [2.45, 2.75) is 0 Å². The first-order valence-electron chi connectivity index (χ1n) is 5.88. The number of anilines is 2. The monoisotopic (exact) mass is 269 g/mol. The Morgan fingerprint density at radius 1 is 1.20 bits per heavy atom. The van der Waals surface area contributed by atoms with Crippen LogP contribution in [0.2, 0.25) is 0 Å². The highest BCUT2D eigenvalue weighted by Crippen LogP contribution is 2.14. The van der Waals surface area contributed by atoms with Crippen LogP contribution in [-0.2, 0) is 0 Å². The number of nitrogens with zero attached hydrogens (tertiary/aromatic N) is 1. The quantitative estimate of drug-likeness (QED) is 0.569. The number of nitrogens with one attached hydrogen (secondary N) is 3. The summed E-state index contributed by atoms with van der Waals surface area (Å²) in [5.41, 5.74) is 6.54. The molecule has 0 aliphatic heterocycles. The average Bonchev–Trinajstić information content (AvgIpc) is 2.88. The molecule has 0 saturated carbocycles. The molecule has 0 aliphatic rings. The van der Waals surface area contributed by atoms with Crippen molar-refractivity contribution < 1.29 is 4.79 Å². The molecule has 5 N–H and O–H groups in total. The predicted octanol–water partition coefficient (Wildman–Crippen LogP) is 1.09. The fourth-order valence-electron chi connectivity index (χ4n) is 1.86. The van der Waals surface area contributed by atoms with Crippen LogP contribution >= 0.6 is 0 Å². The van der Waals surface area contributed by atoms with Crippen LogP contribution in [0.3, 0.4) is 0 Å². The summed E-state index contributed by atoms with van der Waals surface area (Å²) in [6, 6.07) is 8.20. The molecule has 2 heterocycles. The van der Waals surface area contributed by atoms with Crippen molar-refractivity contribution in [3.63, 3.8) is 0 Å². The number of aromatic nitrogens is 3. The average molecular weight is 269 g/mol. The first kappa shape index (κ1) is 12.0. The number of aromatic amines is 2. The summed E-state index contributed by atoms with van der Waals surface area (Å²) >= 11 is 0. The largest absolute Gasteiger partial charge is 0.366 e. The number of H-pyrrole nitrogens is 2. The maximum absolute atomic E-state index is 11.8. The summed E-state index contributed by atoms with van der Waals surface area (Å²) in [5.74, 6) is -0.173. The van der Waals surface area contributed by atoms with E-state index >= 15 is 0 Å². The van der Waals surface area contributed by atoms with Gasteiger partial charge in [-0.1, -0.05) is 0 Å². The molecule has 3 rings (SSSR count). The first-order valence-corrected chi connectivity index (χ1v) is 5.88. The maximum atomic E-state index is 11.8. The lowest BCUT2D eigenvalue weighted by molar-refractivity contribution is 0.100. The summed E-state index contributed by atoms with van der Waals surface area (Å²) in [5, 5.41) is 3.45. The highest BCUT2D eigenvalue weighted by atomic mass is 16.1. The van der Waals surface area contributed by atoms with Crippen LogP contribution < -0.4 is 16.6 Å². The Hall–Kier alpha value is -3.09. The molecule has 0 bridgehead atoms. The molecular weight excluding hydrogens is 258 g/mol. The summed E-state index contributed by atoms with van der Waals surface area (Å²) in [6.07, 6.45) is 1.65. The lowest BCUT2D eigenvalue weighted by Gasteiger charge is -2.05. The van der Waals surface area contributed by atoms with E-state index in [1.807, 2.05) is 0 Å². The SMILES string of the molecule is NC(=O)c1ccc(Nc2nc3[nH]ccc3c(=O)[nH]2)cc1. The zero-order valence-electron chi connectivity index (χ0n) is 10.3. The van der Waals surface area contributed by atoms with E-state index in [0.29, 0.717) is 28.2 Å². The Morgan fingerprint density at radius 2 is 1.95 bits per heavy atom. The van der Waals surface area contributed by atoms with E-state index in [2.05, 4.69) is 20.3 Å². The van der Waals surface area contributed by atoms with Crippen molar-refractivity contribution in [2.75, 3.05) is 5.32 Å². The Kier molecular flexibility index (Phi) is 2.72. The number of primary amides is 1. The van der Waals surface area contributed by atoms with Crippen LogP contribution in [0.1, 0.15) is 10.4 Å². The molecule has 0 unspecified atom stereocenters. The second-order valence-electron chi connectivity index (χ2n) is 4.22. The molecule has 7 heteroatoms. The summed E-state index contributed by atoms with van der Waals surface area (Å²) < 4.78 is 0. The van der Waals surface area contributed by atoms with Crippen LogP contribution in [0, 0.1) is 0 Å². The van der Waals surface area contributed by atoms with E-state index in [-0.39, 0.29) is 5.56 Å². The van der Waals surface area contributed by atoms with Gasteiger partial charge in [0.25, 0.3) is 5.56 Å². The van der Waals surface area contributed by atoms with Crippen LogP contribution in [0.4, 0.5) is 11.6 Å². The Labute approximate surface area is 112 Å². The molecule has 0 saturated heterocycles. The van der Waals surface area contributed by atoms with Gasteiger partial charge in [0.15, 0.2) is 0 Å². The van der Waals surface area contributed by atoms with E-state index < -0.39 is 5.91 Å². The highest BCUT2D eigenvalue weighted by molar-refractivity contribution is 5.93. The minimum absolute atomic E-state index is 0.229. The van der Waals surface area contributed by atoms with E-state index in [9.17, 15) is 9.59 Å². The van der Waals surface area contributed by atoms with Gasteiger partial charge in [-0.15, -0.1) is 0 Å². The Morgan fingerprint density at radius 3 is 2.65 bits per heavy atom. The molecule has 1 aromatic carbocycles. The third kappa shape index (κ3) is 2.12. The number of carbonyl (C=O) groups is 1. The molecule has 2 aromatic heterocycles. The smallest absolute Gasteiger partial charge is 0.261 e. The zero-order chi connectivity index (χ0) is 14.1. The minimum atomic E-state index is -0.490. The Bertz CT molecular complexity index is 832. The summed E-state index contributed by atoms with van der Waals surface area (Å²) in [6.45, 7) is 0. The number of benzene rings is 1. The van der Waals surface area contributed by atoms with Crippen molar-refractivity contribution in [1.29, 1.82) is 0 Å². The lowest BCUT2D eigenvalue weighted by atomic mass is 10.2. The van der Waals surface area contributed by atoms with E-state index in [4.69, 9.17) is 5.73 Å². The second kappa shape index (κ2) is 4.54. The van der Waals surface area contributed by atoms with Crippen LogP contribution in [0.25, 0.3) is 11.0 Å². The highest BCUT2D eigenvalue weighted by Gasteiger charge is 2.05. The maximum Gasteiger partial charge on any atom is 0.261 e. The summed E-state index contributed by atoms with van der Waals surface area (Å²) in [4.78, 5) is 32.5. The van der Waals surface area contributed by atoms with Gasteiger partial charge in [0.05, 0.1) is 5.39 Å². The second-order valence-corrected chi connectivity index (χ2v) is 4.22. The van der Waals surface area contributed by atoms with Crippen LogP contribution in [0.15, 0.2) is 41.3 Å². The molecule has 3 aromatic rings. The van der Waals surface area contributed by atoms with Gasteiger partial charge in [0.2, 0.25) is 11.9 Å². The topological polar surface area (TPSA) is 117 Å². The molecule has 1 amide bonds. The molecule has 7 nitrogen and oxygen atoms in total. The number of hydrogen-bond donors (Lipinski definition) is 4. The number of carbonyl (C=O) groups excluding carboxylic acids is 1. The lowest BCUT2D eigenvalue weighted by Crippen LogP contribution is -2.11. The molecule has 20 heavy (non-hydrogen) atoms. The molecular formula is C13H11N5O2. The molecule has 100 valence electrons. The molecule has 0 aliphatic carbocycles. The normalized spacial score (nSPS) is 10.6. The van der Waals surface area contributed by atoms with E-state index in [1.54, 1.807) is 36.5 Å². The van der Waals surface area contributed by atoms with Gasteiger partial charge >= 0.3 is 0 Å². The number of nitrogens with two attached hydrogens (primary N) is 1. The van der Waals surface area contributed by atoms with Gasteiger partial charge in [0.1, 0.15) is 5.65 Å². The third-order valence-corrected chi connectivity index (χ3v) is 2.86. The van der Waals surface area contributed by atoms with E-state index in [1.165, 1.54) is 0 Å². The Balaban J connectivity index is 1.92. The van der Waals surface area contributed by atoms with Crippen LogP contribution in [-0.4, -0.2) is 20.9 Å². The third-order valence-electron chi connectivity index (χ3n) is 2.86. The van der Waals surface area contributed by atoms with Crippen molar-refractivity contribution in [3.8, 4) is 0 Å².